The van der Waals surface area contributed by atoms with Crippen LogP contribution in [0.3, 0.4) is 0 Å². The fourth-order valence-electron chi connectivity index (χ4n) is 3.86. The molecule has 208 valence electrons. The Bertz CT molecular complexity index is 1300. The van der Waals surface area contributed by atoms with Crippen LogP contribution in [0.1, 0.15) is 31.9 Å². The van der Waals surface area contributed by atoms with Crippen molar-refractivity contribution in [1.29, 1.82) is 0 Å². The molecule has 0 saturated carbocycles. The number of nitrogens with zero attached hydrogens (tertiary/aromatic N) is 1. The van der Waals surface area contributed by atoms with Gasteiger partial charge in [-0.25, -0.2) is 9.69 Å². The molecule has 0 fully saturated rings. The van der Waals surface area contributed by atoms with Crippen molar-refractivity contribution in [3.05, 3.63) is 120 Å². The van der Waals surface area contributed by atoms with Gasteiger partial charge in [0.05, 0.1) is 18.9 Å². The predicted octanol–water partition coefficient (Wildman–Crippen LogP) is 5.64. The highest BCUT2D eigenvalue weighted by atomic mass is 16.6. The summed E-state index contributed by atoms with van der Waals surface area (Å²) < 4.78 is 16.0. The number of carbonyl (C=O) groups excluding carboxylic acids is 3. The van der Waals surface area contributed by atoms with Crippen molar-refractivity contribution in [1.82, 2.24) is 0 Å². The Balaban J connectivity index is 0.000000281. The molecule has 0 bridgehead atoms. The Morgan fingerprint density at radius 1 is 0.750 bits per heavy atom. The monoisotopic (exact) mass is 541 g/mol. The average Bonchev–Trinajstić information content (AvgIpc) is 3.31. The van der Waals surface area contributed by atoms with E-state index in [2.05, 4.69) is 56.8 Å². The molecule has 0 spiro atoms. The van der Waals surface area contributed by atoms with Gasteiger partial charge in [-0.1, -0.05) is 81.1 Å². The van der Waals surface area contributed by atoms with Crippen LogP contribution in [0, 0.1) is 0 Å². The van der Waals surface area contributed by atoms with E-state index >= 15 is 0 Å². The molecule has 0 unspecified atom stereocenters. The zero-order chi connectivity index (χ0) is 29.0. The van der Waals surface area contributed by atoms with Crippen LogP contribution in [-0.4, -0.2) is 44.2 Å². The number of esters is 1. The highest BCUT2D eigenvalue weighted by molar-refractivity contribution is 6.28. The summed E-state index contributed by atoms with van der Waals surface area (Å²) in [6.45, 7) is 11.0. The van der Waals surface area contributed by atoms with Gasteiger partial charge in [0.2, 0.25) is 0 Å². The van der Waals surface area contributed by atoms with Crippen molar-refractivity contribution in [2.75, 3.05) is 31.3 Å². The molecule has 0 aliphatic carbocycles. The fraction of sp³-hybridized carbons (Fsp3) is 0.242. The highest BCUT2D eigenvalue weighted by Crippen LogP contribution is 2.32. The highest BCUT2D eigenvalue weighted by Gasteiger charge is 2.24. The molecule has 3 aromatic rings. The zero-order valence-corrected chi connectivity index (χ0v) is 23.2. The molecule has 0 N–H and O–H groups in total. The van der Waals surface area contributed by atoms with Crippen LogP contribution in [-0.2, 0) is 29.3 Å². The Morgan fingerprint density at radius 2 is 1.27 bits per heavy atom. The van der Waals surface area contributed by atoms with Gasteiger partial charge >= 0.3 is 5.97 Å². The summed E-state index contributed by atoms with van der Waals surface area (Å²) in [5, 5.41) is 0. The maximum Gasteiger partial charge on any atom is 0.333 e. The lowest BCUT2D eigenvalue weighted by molar-refractivity contribution is -0.140. The topological polar surface area (TPSA) is 82.1 Å². The summed E-state index contributed by atoms with van der Waals surface area (Å²) in [4.78, 5) is 34.7. The third kappa shape index (κ3) is 8.51. The number of anilines is 1. The number of amides is 2. The van der Waals surface area contributed by atoms with E-state index in [1.54, 1.807) is 31.2 Å². The first-order valence-corrected chi connectivity index (χ1v) is 13.0. The second-order valence-electron chi connectivity index (χ2n) is 9.57. The maximum absolute atomic E-state index is 11.2. The molecule has 7 heteroatoms. The van der Waals surface area contributed by atoms with Gasteiger partial charge in [-0.15, -0.1) is 0 Å². The van der Waals surface area contributed by atoms with E-state index < -0.39 is 5.97 Å². The van der Waals surface area contributed by atoms with Gasteiger partial charge in [0.25, 0.3) is 11.8 Å². The number of imide groups is 1. The summed E-state index contributed by atoms with van der Waals surface area (Å²) >= 11 is 0. The molecular formula is C33H35NO6. The lowest BCUT2D eigenvalue weighted by Crippen LogP contribution is -2.29. The van der Waals surface area contributed by atoms with Crippen molar-refractivity contribution >= 4 is 23.5 Å². The largest absolute Gasteiger partial charge is 0.491 e. The van der Waals surface area contributed by atoms with Gasteiger partial charge in [0.1, 0.15) is 19.0 Å². The van der Waals surface area contributed by atoms with E-state index in [9.17, 15) is 14.4 Å². The number of hydrogen-bond donors (Lipinski definition) is 0. The second-order valence-corrected chi connectivity index (χ2v) is 9.57. The first kappa shape index (κ1) is 30.1. The fourth-order valence-corrected chi connectivity index (χ4v) is 3.86. The average molecular weight is 542 g/mol. The number of benzene rings is 3. The molecule has 1 heterocycles. The zero-order valence-electron chi connectivity index (χ0n) is 23.2. The van der Waals surface area contributed by atoms with Gasteiger partial charge < -0.3 is 14.2 Å². The van der Waals surface area contributed by atoms with Gasteiger partial charge in [-0.05, 0) is 42.3 Å². The van der Waals surface area contributed by atoms with Gasteiger partial charge in [-0.3, -0.25) is 9.59 Å². The summed E-state index contributed by atoms with van der Waals surface area (Å²) in [7, 11) is 0. The van der Waals surface area contributed by atoms with Gasteiger partial charge in [0, 0.05) is 23.1 Å². The Kier molecular flexibility index (Phi) is 11.0. The number of carbonyl (C=O) groups is 3. The predicted molar refractivity (Wildman–Crippen MR) is 155 cm³/mol. The van der Waals surface area contributed by atoms with Gasteiger partial charge in [0.15, 0.2) is 0 Å². The molecule has 7 nitrogen and oxygen atoms in total. The molecule has 0 atom stereocenters. The molecular weight excluding hydrogens is 506 g/mol. The van der Waals surface area contributed by atoms with Crippen LogP contribution in [0.4, 0.5) is 5.69 Å². The standard InChI is InChI=1S/C23H28O4.C10H7NO2/c1-18(2)22(24)27-17-15-25-14-16-26-21-12-10-20(11-13-21)23(3,4)19-8-6-5-7-9-19;12-9-6-7-10(13)11(9)8-4-2-1-3-5-8/h5-13H,1,14-17H2,2-4H3;1-7H. The molecule has 0 radical (unpaired) electrons. The lowest BCUT2D eigenvalue weighted by atomic mass is 9.78. The van der Waals surface area contributed by atoms with Crippen molar-refractivity contribution in [3.63, 3.8) is 0 Å². The summed E-state index contributed by atoms with van der Waals surface area (Å²) in [6.07, 6.45) is 2.55. The lowest BCUT2D eigenvalue weighted by Gasteiger charge is -2.26. The molecule has 1 aliphatic heterocycles. The smallest absolute Gasteiger partial charge is 0.333 e. The maximum atomic E-state index is 11.2. The number of hydrogen-bond acceptors (Lipinski definition) is 6. The Morgan fingerprint density at radius 3 is 1.85 bits per heavy atom. The first-order chi connectivity index (χ1) is 19.2. The van der Waals surface area contributed by atoms with Crippen LogP contribution < -0.4 is 9.64 Å². The third-order valence-electron chi connectivity index (χ3n) is 6.20. The summed E-state index contributed by atoms with van der Waals surface area (Å²) in [5.41, 5.74) is 3.44. The van der Waals surface area contributed by atoms with Crippen LogP contribution in [0.15, 0.2) is 109 Å². The van der Waals surface area contributed by atoms with E-state index in [1.807, 2.05) is 24.3 Å². The molecule has 1 aliphatic rings. The number of para-hydroxylation sites is 1. The minimum atomic E-state index is -0.395. The van der Waals surface area contributed by atoms with E-state index in [0.717, 1.165) is 10.6 Å². The minimum absolute atomic E-state index is 0.0653. The number of ether oxygens (including phenoxy) is 3. The quantitative estimate of drug-likeness (QED) is 0.135. The molecule has 2 amide bonds. The van der Waals surface area contributed by atoms with Gasteiger partial charge in [-0.2, -0.15) is 0 Å². The van der Waals surface area contributed by atoms with Crippen molar-refractivity contribution in [2.24, 2.45) is 0 Å². The molecule has 4 rings (SSSR count). The van der Waals surface area contributed by atoms with Crippen LogP contribution >= 0.6 is 0 Å². The number of rotatable bonds is 11. The van der Waals surface area contributed by atoms with Crippen molar-refractivity contribution in [2.45, 2.75) is 26.2 Å². The van der Waals surface area contributed by atoms with E-state index in [1.165, 1.54) is 23.3 Å². The molecule has 0 aromatic heterocycles. The second kappa shape index (κ2) is 14.6. The minimum Gasteiger partial charge on any atom is -0.491 e. The van der Waals surface area contributed by atoms with Crippen molar-refractivity contribution < 1.29 is 28.6 Å². The van der Waals surface area contributed by atoms with E-state index in [-0.39, 0.29) is 23.8 Å². The molecule has 3 aromatic carbocycles. The van der Waals surface area contributed by atoms with Crippen LogP contribution in [0.25, 0.3) is 0 Å². The SMILES string of the molecule is C=C(C)C(=O)OCCOCCOc1ccc(C(C)(C)c2ccccc2)cc1.O=C1C=CC(=O)N1c1ccccc1. The van der Waals surface area contributed by atoms with Crippen LogP contribution in [0.2, 0.25) is 0 Å². The normalized spacial score (nSPS) is 12.5. The summed E-state index contributed by atoms with van der Waals surface area (Å²) in [6, 6.07) is 27.5. The first-order valence-electron chi connectivity index (χ1n) is 13.0. The Labute approximate surface area is 235 Å². The Hall–Kier alpha value is -4.49. The molecule has 40 heavy (non-hydrogen) atoms. The summed E-state index contributed by atoms with van der Waals surface area (Å²) in [5.74, 6) is -0.152. The van der Waals surface area contributed by atoms with Crippen molar-refractivity contribution in [3.8, 4) is 5.75 Å². The van der Waals surface area contributed by atoms with E-state index in [0.29, 0.717) is 31.1 Å². The third-order valence-corrected chi connectivity index (χ3v) is 6.20. The molecule has 0 saturated heterocycles. The van der Waals surface area contributed by atoms with E-state index in [4.69, 9.17) is 14.2 Å². The van der Waals surface area contributed by atoms with Crippen LogP contribution in [0.5, 0.6) is 5.75 Å².